The average molecular weight is 291 g/mol. The zero-order valence-corrected chi connectivity index (χ0v) is 13.1. The Bertz CT molecular complexity index is 501. The number of benzene rings is 1. The van der Waals surface area contributed by atoms with Crippen LogP contribution in [0.2, 0.25) is 0 Å². The Morgan fingerprint density at radius 3 is 2.95 bits per heavy atom. The van der Waals surface area contributed by atoms with Crippen molar-refractivity contribution in [3.63, 3.8) is 0 Å². The number of hydrogen-bond donors (Lipinski definition) is 1. The molecule has 0 spiro atoms. The van der Waals surface area contributed by atoms with Crippen LogP contribution in [0.1, 0.15) is 35.6 Å². The van der Waals surface area contributed by atoms with Crippen molar-refractivity contribution in [3.05, 3.63) is 34.9 Å². The summed E-state index contributed by atoms with van der Waals surface area (Å²) in [6.07, 6.45) is 1.34. The van der Waals surface area contributed by atoms with Gasteiger partial charge in [0.1, 0.15) is 0 Å². The van der Waals surface area contributed by atoms with Gasteiger partial charge in [0, 0.05) is 13.1 Å². The van der Waals surface area contributed by atoms with Gasteiger partial charge in [-0.25, -0.2) is 0 Å². The molecule has 2 rings (SSSR count). The highest BCUT2D eigenvalue weighted by Gasteiger charge is 2.27. The molecule has 1 saturated heterocycles. The molecule has 1 aliphatic rings. The van der Waals surface area contributed by atoms with Gasteiger partial charge in [0.15, 0.2) is 0 Å². The molecule has 0 bridgehead atoms. The van der Waals surface area contributed by atoms with Crippen molar-refractivity contribution in [2.45, 2.75) is 32.8 Å². The van der Waals surface area contributed by atoms with Crippen molar-refractivity contribution < 1.29 is 14.6 Å². The van der Waals surface area contributed by atoms with Crippen molar-refractivity contribution in [1.82, 2.24) is 4.90 Å². The first-order valence-corrected chi connectivity index (χ1v) is 7.56. The molecular weight excluding hydrogens is 266 g/mol. The fourth-order valence-corrected chi connectivity index (χ4v) is 3.04. The number of aryl methyl sites for hydroxylation is 2. The second-order valence-electron chi connectivity index (χ2n) is 6.00. The molecule has 0 unspecified atom stereocenters. The normalized spacial score (nSPS) is 21.0. The van der Waals surface area contributed by atoms with Gasteiger partial charge in [0.05, 0.1) is 19.1 Å². The number of likely N-dealkylation sites (tertiary alicyclic amines) is 1. The van der Waals surface area contributed by atoms with Gasteiger partial charge in [0.2, 0.25) is 0 Å². The molecule has 4 heteroatoms. The number of hydrogen-bond acceptors (Lipinski definition) is 4. The summed E-state index contributed by atoms with van der Waals surface area (Å²) in [4.78, 5) is 13.8. The lowest BCUT2D eigenvalue weighted by atomic mass is 9.96. The minimum atomic E-state index is -0.513. The van der Waals surface area contributed by atoms with Crippen molar-refractivity contribution in [3.8, 4) is 0 Å². The Hall–Kier alpha value is -1.39. The van der Waals surface area contributed by atoms with Crippen molar-refractivity contribution in [2.24, 2.45) is 5.92 Å². The third-order valence-electron chi connectivity index (χ3n) is 4.26. The van der Waals surface area contributed by atoms with Crippen LogP contribution < -0.4 is 0 Å². The van der Waals surface area contributed by atoms with Gasteiger partial charge in [-0.2, -0.15) is 0 Å². The molecule has 0 aromatic heterocycles. The van der Waals surface area contributed by atoms with E-state index < -0.39 is 6.10 Å². The molecule has 1 fully saturated rings. The Balaban J connectivity index is 2.00. The van der Waals surface area contributed by atoms with E-state index in [1.54, 1.807) is 0 Å². The zero-order valence-electron chi connectivity index (χ0n) is 13.1. The highest BCUT2D eigenvalue weighted by atomic mass is 16.5. The fraction of sp³-hybridized carbons (Fsp3) is 0.588. The molecule has 1 heterocycles. The lowest BCUT2D eigenvalue weighted by molar-refractivity contribution is -0.147. The zero-order chi connectivity index (χ0) is 15.4. The minimum absolute atomic E-state index is 0.0606. The van der Waals surface area contributed by atoms with E-state index in [0.29, 0.717) is 13.1 Å². The summed E-state index contributed by atoms with van der Waals surface area (Å²) in [5, 5.41) is 10.5. The molecule has 1 aromatic rings. The highest BCUT2D eigenvalue weighted by molar-refractivity contribution is 5.72. The quantitative estimate of drug-likeness (QED) is 0.864. The van der Waals surface area contributed by atoms with Crippen LogP contribution >= 0.6 is 0 Å². The number of esters is 1. The van der Waals surface area contributed by atoms with E-state index in [1.807, 2.05) is 26.0 Å². The van der Waals surface area contributed by atoms with Crippen LogP contribution in [-0.2, 0) is 9.53 Å². The summed E-state index contributed by atoms with van der Waals surface area (Å²) in [6, 6.07) is 6.14. The van der Waals surface area contributed by atoms with Crippen LogP contribution in [0.5, 0.6) is 0 Å². The van der Waals surface area contributed by atoms with Crippen molar-refractivity contribution in [1.29, 1.82) is 0 Å². The van der Waals surface area contributed by atoms with Gasteiger partial charge < -0.3 is 9.84 Å². The van der Waals surface area contributed by atoms with Crippen molar-refractivity contribution in [2.75, 3.05) is 26.7 Å². The monoisotopic (exact) mass is 291 g/mol. The lowest BCUT2D eigenvalue weighted by Crippen LogP contribution is -2.41. The number of piperidine rings is 1. The number of rotatable bonds is 4. The molecule has 1 N–H and O–H groups in total. The summed E-state index contributed by atoms with van der Waals surface area (Å²) >= 11 is 0. The van der Waals surface area contributed by atoms with Gasteiger partial charge in [0.25, 0.3) is 0 Å². The maximum atomic E-state index is 11.7. The first-order chi connectivity index (χ1) is 10.0. The lowest BCUT2D eigenvalue weighted by Gasteiger charge is -2.33. The van der Waals surface area contributed by atoms with Crippen LogP contribution in [0, 0.1) is 19.8 Å². The maximum absolute atomic E-state index is 11.7. The van der Waals surface area contributed by atoms with E-state index in [9.17, 15) is 9.90 Å². The molecular formula is C17H25NO3. The molecule has 2 atom stereocenters. The number of β-amino-alcohol motifs (C(OH)–C–C–N with tert-alkyl or cyclic N) is 1. The predicted octanol–water partition coefficient (Wildman–Crippen LogP) is 2.22. The molecule has 0 amide bonds. The summed E-state index contributed by atoms with van der Waals surface area (Å²) in [5.41, 5.74) is 3.24. The molecule has 0 aliphatic carbocycles. The summed E-state index contributed by atoms with van der Waals surface area (Å²) < 4.78 is 4.83. The second kappa shape index (κ2) is 7.05. The maximum Gasteiger partial charge on any atom is 0.309 e. The Kier molecular flexibility index (Phi) is 5.37. The number of nitrogens with zero attached hydrogens (tertiary/aromatic N) is 1. The summed E-state index contributed by atoms with van der Waals surface area (Å²) in [5.74, 6) is -0.199. The molecule has 0 saturated carbocycles. The van der Waals surface area contributed by atoms with Gasteiger partial charge in [-0.1, -0.05) is 23.8 Å². The molecule has 0 radical (unpaired) electrons. The van der Waals surface area contributed by atoms with Gasteiger partial charge in [-0.3, -0.25) is 9.69 Å². The van der Waals surface area contributed by atoms with Crippen LogP contribution in [0.4, 0.5) is 0 Å². The number of aliphatic hydroxyl groups is 1. The molecule has 116 valence electrons. The van der Waals surface area contributed by atoms with E-state index in [1.165, 1.54) is 7.11 Å². The minimum Gasteiger partial charge on any atom is -0.469 e. The molecule has 1 aromatic carbocycles. The van der Waals surface area contributed by atoms with E-state index in [2.05, 4.69) is 11.0 Å². The highest BCUT2D eigenvalue weighted by Crippen LogP contribution is 2.23. The van der Waals surface area contributed by atoms with Gasteiger partial charge in [-0.15, -0.1) is 0 Å². The Morgan fingerprint density at radius 2 is 2.24 bits per heavy atom. The number of ether oxygens (including phenoxy) is 1. The number of aliphatic hydroxyl groups excluding tert-OH is 1. The van der Waals surface area contributed by atoms with Crippen LogP contribution in [0.15, 0.2) is 18.2 Å². The third-order valence-corrected chi connectivity index (χ3v) is 4.26. The van der Waals surface area contributed by atoms with Crippen LogP contribution in [0.3, 0.4) is 0 Å². The number of methoxy groups -OCH3 is 1. The summed E-state index contributed by atoms with van der Waals surface area (Å²) in [6.45, 7) is 6.22. The van der Waals surface area contributed by atoms with E-state index >= 15 is 0 Å². The fourth-order valence-electron chi connectivity index (χ4n) is 3.04. The topological polar surface area (TPSA) is 49.8 Å². The van der Waals surface area contributed by atoms with Gasteiger partial charge >= 0.3 is 5.97 Å². The van der Waals surface area contributed by atoms with E-state index in [-0.39, 0.29) is 11.9 Å². The van der Waals surface area contributed by atoms with Crippen LogP contribution in [-0.4, -0.2) is 42.7 Å². The third kappa shape index (κ3) is 4.05. The van der Waals surface area contributed by atoms with Crippen LogP contribution in [0.25, 0.3) is 0 Å². The van der Waals surface area contributed by atoms with Gasteiger partial charge in [-0.05, 0) is 44.4 Å². The largest absolute Gasteiger partial charge is 0.469 e. The molecule has 1 aliphatic heterocycles. The molecule has 4 nitrogen and oxygen atoms in total. The first kappa shape index (κ1) is 16.0. The second-order valence-corrected chi connectivity index (χ2v) is 6.00. The average Bonchev–Trinajstić information content (AvgIpc) is 2.49. The number of carbonyl (C=O) groups is 1. The first-order valence-electron chi connectivity index (χ1n) is 7.56. The van der Waals surface area contributed by atoms with Crippen molar-refractivity contribution >= 4 is 5.97 Å². The Labute approximate surface area is 126 Å². The van der Waals surface area contributed by atoms with E-state index in [0.717, 1.165) is 36.1 Å². The standard InChI is InChI=1S/C17H25NO3/c1-12-6-7-13(2)15(9-12)16(19)11-18-8-4-5-14(10-18)17(20)21-3/h6-7,9,14,16,19H,4-5,8,10-11H2,1-3H3/t14-,16-/m1/s1. The predicted molar refractivity (Wildman–Crippen MR) is 82.1 cm³/mol. The number of carbonyl (C=O) groups excluding carboxylic acids is 1. The SMILES string of the molecule is COC(=O)[C@@H]1CCCN(C[C@@H](O)c2cc(C)ccc2C)C1. The summed E-state index contributed by atoms with van der Waals surface area (Å²) in [7, 11) is 1.44. The van der Waals surface area contributed by atoms with E-state index in [4.69, 9.17) is 4.74 Å². The molecule has 21 heavy (non-hydrogen) atoms. The smallest absolute Gasteiger partial charge is 0.309 e. The Morgan fingerprint density at radius 1 is 1.48 bits per heavy atom.